The van der Waals surface area contributed by atoms with E-state index in [-0.39, 0.29) is 23.1 Å². The van der Waals surface area contributed by atoms with Crippen LogP contribution in [0, 0.1) is 0 Å². The summed E-state index contributed by atoms with van der Waals surface area (Å²) >= 11 is 9.04. The number of sulfonamides is 1. The first-order valence-electron chi connectivity index (χ1n) is 4.98. The lowest BCUT2D eigenvalue weighted by molar-refractivity contribution is 0.0679. The summed E-state index contributed by atoms with van der Waals surface area (Å²) in [5, 5.41) is 9.49. The van der Waals surface area contributed by atoms with E-state index in [9.17, 15) is 13.5 Å². The van der Waals surface area contributed by atoms with Gasteiger partial charge in [-0.3, -0.25) is 0 Å². The molecule has 0 bridgehead atoms. The highest BCUT2D eigenvalue weighted by Gasteiger charge is 2.19. The number of methoxy groups -OCH3 is 1. The molecule has 5 nitrogen and oxygen atoms in total. The first kappa shape index (κ1) is 15.9. The van der Waals surface area contributed by atoms with Crippen LogP contribution in [0.25, 0.3) is 0 Å². The number of rotatable bonds is 6. The van der Waals surface area contributed by atoms with Gasteiger partial charge in [-0.05, 0) is 18.2 Å². The second-order valence-corrected chi connectivity index (χ2v) is 6.59. The van der Waals surface area contributed by atoms with Crippen molar-refractivity contribution in [3.8, 4) is 0 Å². The Morgan fingerprint density at radius 2 is 2.22 bits per heavy atom. The zero-order chi connectivity index (χ0) is 13.8. The summed E-state index contributed by atoms with van der Waals surface area (Å²) in [5.74, 6) is 0. The molecule has 1 aromatic rings. The van der Waals surface area contributed by atoms with E-state index in [0.29, 0.717) is 4.47 Å². The van der Waals surface area contributed by atoms with E-state index >= 15 is 0 Å². The van der Waals surface area contributed by atoms with Crippen LogP contribution in [0.5, 0.6) is 0 Å². The van der Waals surface area contributed by atoms with Crippen molar-refractivity contribution in [1.82, 2.24) is 4.72 Å². The van der Waals surface area contributed by atoms with Crippen molar-refractivity contribution in [2.24, 2.45) is 0 Å². The van der Waals surface area contributed by atoms with Crippen molar-refractivity contribution in [1.29, 1.82) is 0 Å². The van der Waals surface area contributed by atoms with Crippen LogP contribution in [0.3, 0.4) is 0 Å². The molecule has 1 unspecified atom stereocenters. The smallest absolute Gasteiger partial charge is 0.242 e. The molecule has 0 aliphatic carbocycles. The van der Waals surface area contributed by atoms with E-state index in [2.05, 4.69) is 20.7 Å². The quantitative estimate of drug-likeness (QED) is 0.806. The van der Waals surface area contributed by atoms with Gasteiger partial charge in [0.15, 0.2) is 0 Å². The standard InChI is InChI=1S/C10H13BrClNO4S/c1-17-6-8(14)5-13-18(15,16)10-3-2-7(11)4-9(10)12/h2-4,8,13-14H,5-6H2,1H3. The fraction of sp³-hybridized carbons (Fsp3) is 0.400. The molecular formula is C10H13BrClNO4S. The third kappa shape index (κ3) is 4.49. The molecular weight excluding hydrogens is 346 g/mol. The molecule has 0 amide bonds. The highest BCUT2D eigenvalue weighted by molar-refractivity contribution is 9.10. The summed E-state index contributed by atoms with van der Waals surface area (Å²) < 4.78 is 31.5. The van der Waals surface area contributed by atoms with Gasteiger partial charge < -0.3 is 9.84 Å². The first-order chi connectivity index (χ1) is 8.36. The van der Waals surface area contributed by atoms with Crippen LogP contribution in [0.1, 0.15) is 0 Å². The molecule has 1 rings (SSSR count). The monoisotopic (exact) mass is 357 g/mol. The van der Waals surface area contributed by atoms with E-state index in [4.69, 9.17) is 16.3 Å². The Morgan fingerprint density at radius 3 is 2.78 bits per heavy atom. The molecule has 102 valence electrons. The molecule has 0 spiro atoms. The van der Waals surface area contributed by atoms with Crippen LogP contribution < -0.4 is 4.72 Å². The zero-order valence-electron chi connectivity index (χ0n) is 9.56. The summed E-state index contributed by atoms with van der Waals surface area (Å²) in [4.78, 5) is -0.0306. The van der Waals surface area contributed by atoms with Gasteiger partial charge in [0.25, 0.3) is 0 Å². The molecule has 0 fully saturated rings. The summed E-state index contributed by atoms with van der Waals surface area (Å²) in [5.41, 5.74) is 0. The van der Waals surface area contributed by atoms with Crippen LogP contribution in [0.15, 0.2) is 27.6 Å². The normalized spacial score (nSPS) is 13.6. The number of aliphatic hydroxyl groups excluding tert-OH is 1. The van der Waals surface area contributed by atoms with E-state index in [0.717, 1.165) is 0 Å². The number of aliphatic hydroxyl groups is 1. The largest absolute Gasteiger partial charge is 0.389 e. The summed E-state index contributed by atoms with van der Waals surface area (Å²) in [6, 6.07) is 4.45. The second-order valence-electron chi connectivity index (χ2n) is 3.54. The van der Waals surface area contributed by atoms with E-state index in [1.165, 1.54) is 19.2 Å². The molecule has 18 heavy (non-hydrogen) atoms. The minimum atomic E-state index is -3.74. The molecule has 0 heterocycles. The third-order valence-electron chi connectivity index (χ3n) is 2.05. The average molecular weight is 359 g/mol. The van der Waals surface area contributed by atoms with E-state index in [1.807, 2.05) is 0 Å². The Kier molecular flexibility index (Phi) is 6.03. The zero-order valence-corrected chi connectivity index (χ0v) is 12.7. The SMILES string of the molecule is COCC(O)CNS(=O)(=O)c1ccc(Br)cc1Cl. The summed E-state index contributed by atoms with van der Waals surface area (Å²) in [7, 11) is -2.32. The Labute approximate surface area is 119 Å². The van der Waals surface area contributed by atoms with Gasteiger partial charge in [0, 0.05) is 18.1 Å². The van der Waals surface area contributed by atoms with Gasteiger partial charge in [-0.1, -0.05) is 27.5 Å². The van der Waals surface area contributed by atoms with Crippen LogP contribution >= 0.6 is 27.5 Å². The lowest BCUT2D eigenvalue weighted by Gasteiger charge is -2.12. The lowest BCUT2D eigenvalue weighted by atomic mass is 10.4. The highest BCUT2D eigenvalue weighted by Crippen LogP contribution is 2.24. The fourth-order valence-electron chi connectivity index (χ4n) is 1.23. The maximum absolute atomic E-state index is 11.9. The van der Waals surface area contributed by atoms with Crippen molar-refractivity contribution in [2.45, 2.75) is 11.0 Å². The fourth-order valence-corrected chi connectivity index (χ4v) is 3.34. The Bertz CT molecular complexity index is 509. The molecule has 1 atom stereocenters. The van der Waals surface area contributed by atoms with Gasteiger partial charge in [0.05, 0.1) is 17.7 Å². The maximum atomic E-state index is 11.9. The predicted molar refractivity (Wildman–Crippen MR) is 72.2 cm³/mol. The molecule has 0 radical (unpaired) electrons. The van der Waals surface area contributed by atoms with Crippen LogP contribution in [-0.2, 0) is 14.8 Å². The van der Waals surface area contributed by atoms with Gasteiger partial charge in [-0.25, -0.2) is 13.1 Å². The summed E-state index contributed by atoms with van der Waals surface area (Å²) in [6.45, 7) is -0.0842. The summed E-state index contributed by atoms with van der Waals surface area (Å²) in [6.07, 6.45) is -0.904. The topological polar surface area (TPSA) is 75.6 Å². The van der Waals surface area contributed by atoms with Gasteiger partial charge in [0.2, 0.25) is 10.0 Å². The van der Waals surface area contributed by atoms with E-state index < -0.39 is 16.1 Å². The van der Waals surface area contributed by atoms with Crippen LogP contribution in [-0.4, -0.2) is 39.9 Å². The minimum Gasteiger partial charge on any atom is -0.389 e. The Morgan fingerprint density at radius 1 is 1.56 bits per heavy atom. The van der Waals surface area contributed by atoms with Gasteiger partial charge in [-0.2, -0.15) is 0 Å². The number of hydrogen-bond acceptors (Lipinski definition) is 4. The Hall–Kier alpha value is -0.180. The minimum absolute atomic E-state index is 0.0306. The average Bonchev–Trinajstić information content (AvgIpc) is 2.26. The number of ether oxygens (including phenoxy) is 1. The molecule has 8 heteroatoms. The van der Waals surface area contributed by atoms with Crippen molar-refractivity contribution >= 4 is 37.6 Å². The van der Waals surface area contributed by atoms with E-state index in [1.54, 1.807) is 6.07 Å². The van der Waals surface area contributed by atoms with Gasteiger partial charge in [-0.15, -0.1) is 0 Å². The van der Waals surface area contributed by atoms with Crippen LogP contribution in [0.4, 0.5) is 0 Å². The maximum Gasteiger partial charge on any atom is 0.242 e. The van der Waals surface area contributed by atoms with Crippen molar-refractivity contribution in [2.75, 3.05) is 20.3 Å². The number of benzene rings is 1. The molecule has 1 aromatic carbocycles. The van der Waals surface area contributed by atoms with Gasteiger partial charge >= 0.3 is 0 Å². The first-order valence-corrected chi connectivity index (χ1v) is 7.64. The predicted octanol–water partition coefficient (Wildman–Crippen LogP) is 1.39. The van der Waals surface area contributed by atoms with Crippen molar-refractivity contribution < 1.29 is 18.3 Å². The Balaban J connectivity index is 2.80. The molecule has 0 saturated heterocycles. The van der Waals surface area contributed by atoms with Gasteiger partial charge in [0.1, 0.15) is 4.90 Å². The number of nitrogens with one attached hydrogen (secondary N) is 1. The number of hydrogen-bond donors (Lipinski definition) is 2. The highest BCUT2D eigenvalue weighted by atomic mass is 79.9. The van der Waals surface area contributed by atoms with Crippen molar-refractivity contribution in [3.63, 3.8) is 0 Å². The second kappa shape index (κ2) is 6.83. The van der Waals surface area contributed by atoms with Crippen molar-refractivity contribution in [3.05, 3.63) is 27.7 Å². The third-order valence-corrected chi connectivity index (χ3v) is 4.45. The molecule has 2 N–H and O–H groups in total. The molecule has 0 aliphatic heterocycles. The van der Waals surface area contributed by atoms with Crippen LogP contribution in [0.2, 0.25) is 5.02 Å². The molecule has 0 aromatic heterocycles. The molecule has 0 saturated carbocycles. The number of halogens is 2. The molecule has 0 aliphatic rings. The lowest BCUT2D eigenvalue weighted by Crippen LogP contribution is -2.34.